The van der Waals surface area contributed by atoms with E-state index in [1.165, 1.54) is 19.2 Å². The van der Waals surface area contributed by atoms with E-state index >= 15 is 0 Å². The summed E-state index contributed by atoms with van der Waals surface area (Å²) < 4.78 is 55.0. The SMILES string of the molecule is COC(C)(C)CNS(=O)(=O)c1cc(S(C)(=O)=O)ccc1N. The minimum atomic E-state index is -3.94. The van der Waals surface area contributed by atoms with Gasteiger partial charge in [0, 0.05) is 19.9 Å². The average Bonchev–Trinajstić information content (AvgIpc) is 2.35. The number of nitrogen functional groups attached to an aromatic ring is 1. The van der Waals surface area contributed by atoms with Crippen LogP contribution in [0.3, 0.4) is 0 Å². The summed E-state index contributed by atoms with van der Waals surface area (Å²) in [5.41, 5.74) is 4.92. The fourth-order valence-corrected chi connectivity index (χ4v) is 3.47. The van der Waals surface area contributed by atoms with E-state index < -0.39 is 25.5 Å². The van der Waals surface area contributed by atoms with Crippen molar-refractivity contribution >= 4 is 25.5 Å². The zero-order valence-corrected chi connectivity index (χ0v) is 14.0. The van der Waals surface area contributed by atoms with Crippen LogP contribution in [0.25, 0.3) is 0 Å². The molecule has 0 amide bonds. The number of anilines is 1. The molecule has 7 nitrogen and oxygen atoms in total. The van der Waals surface area contributed by atoms with E-state index in [4.69, 9.17) is 10.5 Å². The van der Waals surface area contributed by atoms with Gasteiger partial charge in [0.25, 0.3) is 0 Å². The van der Waals surface area contributed by atoms with Gasteiger partial charge in [-0.15, -0.1) is 0 Å². The third-order valence-corrected chi connectivity index (χ3v) is 5.51. The number of hydrogen-bond acceptors (Lipinski definition) is 6. The molecule has 120 valence electrons. The van der Waals surface area contributed by atoms with Crippen LogP contribution in [-0.4, -0.2) is 42.3 Å². The minimum Gasteiger partial charge on any atom is -0.398 e. The highest BCUT2D eigenvalue weighted by Gasteiger charge is 2.24. The smallest absolute Gasteiger partial charge is 0.242 e. The molecule has 0 bridgehead atoms. The maximum Gasteiger partial charge on any atom is 0.242 e. The van der Waals surface area contributed by atoms with E-state index in [-0.39, 0.29) is 22.0 Å². The Kier molecular flexibility index (Phi) is 5.04. The van der Waals surface area contributed by atoms with E-state index in [2.05, 4.69) is 4.72 Å². The van der Waals surface area contributed by atoms with Gasteiger partial charge < -0.3 is 10.5 Å². The van der Waals surface area contributed by atoms with E-state index in [1.54, 1.807) is 13.8 Å². The molecule has 0 aromatic heterocycles. The molecule has 1 aromatic carbocycles. The molecule has 0 radical (unpaired) electrons. The Morgan fingerprint density at radius 2 is 1.81 bits per heavy atom. The molecule has 0 spiro atoms. The van der Waals surface area contributed by atoms with Crippen LogP contribution in [-0.2, 0) is 24.6 Å². The number of sulfonamides is 1. The van der Waals surface area contributed by atoms with Gasteiger partial charge in [-0.1, -0.05) is 0 Å². The van der Waals surface area contributed by atoms with Gasteiger partial charge in [-0.05, 0) is 32.0 Å². The molecule has 0 heterocycles. The normalized spacial score (nSPS) is 13.3. The topological polar surface area (TPSA) is 116 Å². The van der Waals surface area contributed by atoms with Crippen molar-refractivity contribution < 1.29 is 21.6 Å². The number of ether oxygens (including phenoxy) is 1. The Labute approximate surface area is 125 Å². The van der Waals surface area contributed by atoms with E-state index in [0.29, 0.717) is 0 Å². The van der Waals surface area contributed by atoms with Crippen LogP contribution in [0.1, 0.15) is 13.8 Å². The molecule has 0 fully saturated rings. The lowest BCUT2D eigenvalue weighted by molar-refractivity contribution is 0.0276. The molecule has 21 heavy (non-hydrogen) atoms. The fraction of sp³-hybridized carbons (Fsp3) is 0.500. The van der Waals surface area contributed by atoms with Crippen LogP contribution in [0, 0.1) is 0 Å². The molecule has 0 unspecified atom stereocenters. The highest BCUT2D eigenvalue weighted by Crippen LogP contribution is 2.22. The molecule has 0 saturated heterocycles. The van der Waals surface area contributed by atoms with Gasteiger partial charge in [0.15, 0.2) is 9.84 Å². The summed E-state index contributed by atoms with van der Waals surface area (Å²) in [5.74, 6) is 0. The zero-order chi connectivity index (χ0) is 16.5. The highest BCUT2D eigenvalue weighted by atomic mass is 32.2. The predicted octanol–water partition coefficient (Wildman–Crippen LogP) is 0.376. The lowest BCUT2D eigenvalue weighted by atomic mass is 10.1. The van der Waals surface area contributed by atoms with Gasteiger partial charge in [-0.2, -0.15) is 0 Å². The van der Waals surface area contributed by atoms with Crippen molar-refractivity contribution in [1.29, 1.82) is 0 Å². The van der Waals surface area contributed by atoms with Crippen molar-refractivity contribution in [3.63, 3.8) is 0 Å². The third-order valence-electron chi connectivity index (χ3n) is 2.94. The Bertz CT molecular complexity index is 724. The van der Waals surface area contributed by atoms with Crippen molar-refractivity contribution in [1.82, 2.24) is 4.72 Å². The first kappa shape index (κ1) is 17.9. The van der Waals surface area contributed by atoms with Crippen LogP contribution >= 0.6 is 0 Å². The van der Waals surface area contributed by atoms with Gasteiger partial charge in [-0.25, -0.2) is 21.6 Å². The second-order valence-electron chi connectivity index (χ2n) is 5.26. The second kappa shape index (κ2) is 5.91. The molecule has 0 aliphatic carbocycles. The number of benzene rings is 1. The Balaban J connectivity index is 3.20. The molecule has 0 atom stereocenters. The number of sulfone groups is 1. The summed E-state index contributed by atoms with van der Waals surface area (Å²) in [4.78, 5) is -0.375. The maximum absolute atomic E-state index is 12.3. The molecule has 1 rings (SSSR count). The summed E-state index contributed by atoms with van der Waals surface area (Å²) >= 11 is 0. The first-order valence-corrected chi connectivity index (χ1v) is 9.41. The van der Waals surface area contributed by atoms with Crippen molar-refractivity contribution in [2.75, 3.05) is 25.6 Å². The van der Waals surface area contributed by atoms with E-state index in [9.17, 15) is 16.8 Å². The highest BCUT2D eigenvalue weighted by molar-refractivity contribution is 7.91. The molecule has 0 aliphatic heterocycles. The van der Waals surface area contributed by atoms with Crippen LogP contribution in [0.15, 0.2) is 28.0 Å². The Morgan fingerprint density at radius 3 is 2.29 bits per heavy atom. The second-order valence-corrected chi connectivity index (χ2v) is 9.01. The Morgan fingerprint density at radius 1 is 1.24 bits per heavy atom. The quantitative estimate of drug-likeness (QED) is 0.725. The van der Waals surface area contributed by atoms with E-state index in [1.807, 2.05) is 0 Å². The molecule has 1 aromatic rings. The standard InChI is InChI=1S/C12H20N2O5S2/c1-12(2,19-3)8-14-21(17,18)11-7-9(20(4,15)16)5-6-10(11)13/h5-7,14H,8,13H2,1-4H3. The lowest BCUT2D eigenvalue weighted by Gasteiger charge is -2.23. The van der Waals surface area contributed by atoms with Crippen LogP contribution < -0.4 is 10.5 Å². The summed E-state index contributed by atoms with van der Waals surface area (Å²) in [6.07, 6.45) is 0.996. The van der Waals surface area contributed by atoms with Gasteiger partial charge in [0.1, 0.15) is 4.90 Å². The molecule has 3 N–H and O–H groups in total. The number of rotatable bonds is 6. The summed E-state index contributed by atoms with van der Waals surface area (Å²) in [7, 11) is -5.99. The summed E-state index contributed by atoms with van der Waals surface area (Å²) in [6, 6.07) is 3.57. The van der Waals surface area contributed by atoms with Crippen molar-refractivity contribution in [2.45, 2.75) is 29.2 Å². The average molecular weight is 336 g/mol. The zero-order valence-electron chi connectivity index (χ0n) is 12.4. The number of methoxy groups -OCH3 is 1. The van der Waals surface area contributed by atoms with Gasteiger partial charge in [0.05, 0.1) is 16.2 Å². The number of nitrogens with two attached hydrogens (primary N) is 1. The first-order valence-electron chi connectivity index (χ1n) is 6.03. The third kappa shape index (κ3) is 4.67. The Hall–Kier alpha value is -1.16. The molecular weight excluding hydrogens is 316 g/mol. The van der Waals surface area contributed by atoms with Gasteiger partial charge >= 0.3 is 0 Å². The van der Waals surface area contributed by atoms with Crippen molar-refractivity contribution in [3.05, 3.63) is 18.2 Å². The lowest BCUT2D eigenvalue weighted by Crippen LogP contribution is -2.39. The van der Waals surface area contributed by atoms with Crippen LogP contribution in [0.5, 0.6) is 0 Å². The molecule has 0 aliphatic rings. The fourth-order valence-electron chi connectivity index (χ4n) is 1.40. The van der Waals surface area contributed by atoms with Gasteiger partial charge in [-0.3, -0.25) is 0 Å². The van der Waals surface area contributed by atoms with Crippen molar-refractivity contribution in [2.24, 2.45) is 0 Å². The van der Waals surface area contributed by atoms with Gasteiger partial charge in [0.2, 0.25) is 10.0 Å². The molecule has 9 heteroatoms. The number of hydrogen-bond donors (Lipinski definition) is 2. The summed E-state index contributed by atoms with van der Waals surface area (Å²) in [5, 5.41) is 0. The van der Waals surface area contributed by atoms with E-state index in [0.717, 1.165) is 12.3 Å². The number of nitrogens with one attached hydrogen (secondary N) is 1. The largest absolute Gasteiger partial charge is 0.398 e. The minimum absolute atomic E-state index is 0.0222. The van der Waals surface area contributed by atoms with Crippen molar-refractivity contribution in [3.8, 4) is 0 Å². The first-order chi connectivity index (χ1) is 9.39. The summed E-state index contributed by atoms with van der Waals surface area (Å²) in [6.45, 7) is 3.45. The van der Waals surface area contributed by atoms with Crippen LogP contribution in [0.4, 0.5) is 5.69 Å². The van der Waals surface area contributed by atoms with Crippen LogP contribution in [0.2, 0.25) is 0 Å². The predicted molar refractivity (Wildman–Crippen MR) is 80.2 cm³/mol. The molecular formula is C12H20N2O5S2. The maximum atomic E-state index is 12.3. The monoisotopic (exact) mass is 336 g/mol. The molecule has 0 saturated carbocycles.